The first-order valence-electron chi connectivity index (χ1n) is 7.97. The zero-order chi connectivity index (χ0) is 17.8. The van der Waals surface area contributed by atoms with E-state index in [1.165, 1.54) is 17.0 Å². The van der Waals surface area contributed by atoms with Gasteiger partial charge in [0.05, 0.1) is 12.1 Å². The molecule has 0 saturated carbocycles. The van der Waals surface area contributed by atoms with Gasteiger partial charge in [-0.1, -0.05) is 30.3 Å². The summed E-state index contributed by atoms with van der Waals surface area (Å²) in [5.41, 5.74) is 1.30. The molecule has 0 fully saturated rings. The number of carbonyl (C=O) groups excluding carboxylic acids is 2. The molecule has 130 valence electrons. The smallest absolute Gasteiger partial charge is 0.339 e. The normalized spacial score (nSPS) is 15.9. The third-order valence-corrected chi connectivity index (χ3v) is 4.06. The van der Waals surface area contributed by atoms with Crippen LogP contribution in [0.25, 0.3) is 0 Å². The first-order valence-corrected chi connectivity index (χ1v) is 7.97. The molecule has 0 aliphatic carbocycles. The van der Waals surface area contributed by atoms with E-state index in [2.05, 4.69) is 0 Å². The lowest BCUT2D eigenvalue weighted by atomic mass is 9.98. The van der Waals surface area contributed by atoms with Crippen LogP contribution >= 0.6 is 0 Å². The number of amides is 1. The maximum atomic E-state index is 13.5. The number of likely N-dealkylation sites (N-methyl/N-ethyl adjacent to an activating group) is 1. The van der Waals surface area contributed by atoms with Crippen LogP contribution in [0.3, 0.4) is 0 Å². The standard InChI is InChI=1S/C19H18FNO4/c1-21(10-11-24-16-9-5-4-8-15(16)20)18(22)17-12-13-6-2-3-7-14(13)19(23)25-17/h2-9,17H,10-12H2,1H3. The Morgan fingerprint density at radius 3 is 2.76 bits per heavy atom. The van der Waals surface area contributed by atoms with Crippen molar-refractivity contribution in [3.63, 3.8) is 0 Å². The Labute approximate surface area is 145 Å². The van der Waals surface area contributed by atoms with Crippen LogP contribution in [0.1, 0.15) is 15.9 Å². The summed E-state index contributed by atoms with van der Waals surface area (Å²) in [6.45, 7) is 0.392. The van der Waals surface area contributed by atoms with Crippen LogP contribution in [-0.4, -0.2) is 43.1 Å². The first kappa shape index (κ1) is 17.0. The lowest BCUT2D eigenvalue weighted by Crippen LogP contribution is -2.44. The van der Waals surface area contributed by atoms with Crippen molar-refractivity contribution in [3.05, 3.63) is 65.5 Å². The molecule has 0 saturated heterocycles. The fraction of sp³-hybridized carbons (Fsp3) is 0.263. The van der Waals surface area contributed by atoms with Gasteiger partial charge in [0.2, 0.25) is 0 Å². The van der Waals surface area contributed by atoms with Gasteiger partial charge in [-0.05, 0) is 23.8 Å². The number of ether oxygens (including phenoxy) is 2. The Hall–Kier alpha value is -2.89. The first-order chi connectivity index (χ1) is 12.1. The average Bonchev–Trinajstić information content (AvgIpc) is 2.62. The number of halogens is 1. The highest BCUT2D eigenvalue weighted by molar-refractivity contribution is 5.95. The summed E-state index contributed by atoms with van der Waals surface area (Å²) in [5, 5.41) is 0. The maximum Gasteiger partial charge on any atom is 0.339 e. The number of nitrogens with zero attached hydrogens (tertiary/aromatic N) is 1. The molecule has 3 rings (SSSR count). The van der Waals surface area contributed by atoms with Gasteiger partial charge in [-0.25, -0.2) is 9.18 Å². The minimum Gasteiger partial charge on any atom is -0.489 e. The monoisotopic (exact) mass is 343 g/mol. The largest absolute Gasteiger partial charge is 0.489 e. The highest BCUT2D eigenvalue weighted by Crippen LogP contribution is 2.21. The van der Waals surface area contributed by atoms with Crippen molar-refractivity contribution in [2.75, 3.05) is 20.2 Å². The molecule has 5 nitrogen and oxygen atoms in total. The van der Waals surface area contributed by atoms with Crippen LogP contribution in [0.4, 0.5) is 4.39 Å². The van der Waals surface area contributed by atoms with Gasteiger partial charge in [-0.15, -0.1) is 0 Å². The van der Waals surface area contributed by atoms with Crippen LogP contribution in [0.5, 0.6) is 5.75 Å². The van der Waals surface area contributed by atoms with Gasteiger partial charge >= 0.3 is 5.97 Å². The number of benzene rings is 2. The number of cyclic esters (lactones) is 1. The zero-order valence-electron chi connectivity index (χ0n) is 13.8. The molecule has 1 aliphatic rings. The Bertz CT molecular complexity index is 792. The summed E-state index contributed by atoms with van der Waals surface area (Å²) < 4.78 is 24.1. The zero-order valence-corrected chi connectivity index (χ0v) is 13.8. The topological polar surface area (TPSA) is 55.8 Å². The fourth-order valence-electron chi connectivity index (χ4n) is 2.68. The predicted molar refractivity (Wildman–Crippen MR) is 88.9 cm³/mol. The molecule has 0 bridgehead atoms. The predicted octanol–water partition coefficient (Wildman–Crippen LogP) is 2.44. The van der Waals surface area contributed by atoms with Crippen molar-refractivity contribution in [1.82, 2.24) is 4.90 Å². The Balaban J connectivity index is 1.56. The van der Waals surface area contributed by atoms with Gasteiger partial charge in [0, 0.05) is 13.5 Å². The molecular weight excluding hydrogens is 325 g/mol. The van der Waals surface area contributed by atoms with E-state index in [9.17, 15) is 14.0 Å². The van der Waals surface area contributed by atoms with Crippen molar-refractivity contribution in [3.8, 4) is 5.75 Å². The van der Waals surface area contributed by atoms with Crippen LogP contribution < -0.4 is 4.74 Å². The van der Waals surface area contributed by atoms with Crippen LogP contribution in [0.2, 0.25) is 0 Å². The van der Waals surface area contributed by atoms with Gasteiger partial charge in [-0.3, -0.25) is 4.79 Å². The number of fused-ring (bicyclic) bond motifs is 1. The lowest BCUT2D eigenvalue weighted by molar-refractivity contribution is -0.140. The molecule has 6 heteroatoms. The second-order valence-electron chi connectivity index (χ2n) is 5.79. The van der Waals surface area contributed by atoms with Crippen molar-refractivity contribution in [2.45, 2.75) is 12.5 Å². The van der Waals surface area contributed by atoms with Gasteiger partial charge < -0.3 is 14.4 Å². The number of esters is 1. The van der Waals surface area contributed by atoms with Crippen molar-refractivity contribution >= 4 is 11.9 Å². The van der Waals surface area contributed by atoms with Crippen molar-refractivity contribution in [2.24, 2.45) is 0 Å². The van der Waals surface area contributed by atoms with Crippen LogP contribution in [0.15, 0.2) is 48.5 Å². The van der Waals surface area contributed by atoms with E-state index >= 15 is 0 Å². The van der Waals surface area contributed by atoms with E-state index in [1.807, 2.05) is 12.1 Å². The lowest BCUT2D eigenvalue weighted by Gasteiger charge is -2.27. The molecule has 0 N–H and O–H groups in total. The second-order valence-corrected chi connectivity index (χ2v) is 5.79. The second kappa shape index (κ2) is 7.34. The summed E-state index contributed by atoms with van der Waals surface area (Å²) >= 11 is 0. The molecule has 1 unspecified atom stereocenters. The van der Waals surface area contributed by atoms with E-state index in [4.69, 9.17) is 9.47 Å². The van der Waals surface area contributed by atoms with Crippen LogP contribution in [-0.2, 0) is 16.0 Å². The molecule has 2 aromatic carbocycles. The summed E-state index contributed by atoms with van der Waals surface area (Å²) in [7, 11) is 1.60. The Morgan fingerprint density at radius 1 is 1.24 bits per heavy atom. The summed E-state index contributed by atoms with van der Waals surface area (Å²) in [4.78, 5) is 25.9. The van der Waals surface area contributed by atoms with Gasteiger partial charge in [-0.2, -0.15) is 0 Å². The molecular formula is C19H18FNO4. The minimum atomic E-state index is -0.846. The summed E-state index contributed by atoms with van der Waals surface area (Å²) in [5.74, 6) is -1.10. The van der Waals surface area contributed by atoms with Gasteiger partial charge in [0.15, 0.2) is 17.7 Å². The molecule has 2 aromatic rings. The van der Waals surface area contributed by atoms with E-state index in [-0.39, 0.29) is 24.8 Å². The average molecular weight is 343 g/mol. The summed E-state index contributed by atoms with van der Waals surface area (Å²) in [6, 6.07) is 13.2. The molecule has 1 amide bonds. The Kier molecular flexibility index (Phi) is 4.97. The van der Waals surface area contributed by atoms with Gasteiger partial charge in [0.25, 0.3) is 5.91 Å². The SMILES string of the molecule is CN(CCOc1ccccc1F)C(=O)C1Cc2ccccc2C(=O)O1. The highest BCUT2D eigenvalue weighted by atomic mass is 19.1. The minimum absolute atomic E-state index is 0.139. The molecule has 1 heterocycles. The maximum absolute atomic E-state index is 13.5. The third kappa shape index (κ3) is 3.79. The molecule has 0 radical (unpaired) electrons. The van der Waals surface area contributed by atoms with Gasteiger partial charge in [0.1, 0.15) is 6.61 Å². The molecule has 1 atom stereocenters. The number of hydrogen-bond donors (Lipinski definition) is 0. The third-order valence-electron chi connectivity index (χ3n) is 4.06. The Morgan fingerprint density at radius 2 is 1.96 bits per heavy atom. The van der Waals surface area contributed by atoms with E-state index in [0.29, 0.717) is 12.0 Å². The fourth-order valence-corrected chi connectivity index (χ4v) is 2.68. The van der Waals surface area contributed by atoms with E-state index in [0.717, 1.165) is 5.56 Å². The van der Waals surface area contributed by atoms with E-state index < -0.39 is 17.9 Å². The number of carbonyl (C=O) groups is 2. The summed E-state index contributed by atoms with van der Waals surface area (Å²) in [6.07, 6.45) is -0.500. The van der Waals surface area contributed by atoms with E-state index in [1.54, 1.807) is 31.3 Å². The number of para-hydroxylation sites is 1. The number of hydrogen-bond acceptors (Lipinski definition) is 4. The highest BCUT2D eigenvalue weighted by Gasteiger charge is 2.32. The number of rotatable bonds is 5. The molecule has 0 aromatic heterocycles. The quantitative estimate of drug-likeness (QED) is 0.783. The molecule has 0 spiro atoms. The molecule has 25 heavy (non-hydrogen) atoms. The molecule has 1 aliphatic heterocycles. The van der Waals surface area contributed by atoms with Crippen LogP contribution in [0, 0.1) is 5.82 Å². The van der Waals surface area contributed by atoms with Crippen molar-refractivity contribution < 1.29 is 23.5 Å². The van der Waals surface area contributed by atoms with Crippen molar-refractivity contribution in [1.29, 1.82) is 0 Å².